The first-order valence-corrected chi connectivity index (χ1v) is 11.1. The van der Waals surface area contributed by atoms with Crippen LogP contribution in [0.2, 0.25) is 0 Å². The molecule has 0 bridgehead atoms. The lowest BCUT2D eigenvalue weighted by Crippen LogP contribution is -2.11. The average molecular weight is 397 g/mol. The van der Waals surface area contributed by atoms with Gasteiger partial charge in [0.1, 0.15) is 22.2 Å². The maximum absolute atomic E-state index is 13.3. The quantitative estimate of drug-likeness (QED) is 0.802. The maximum atomic E-state index is 13.3. The number of hydrogen-bond acceptors (Lipinski definition) is 5. The highest BCUT2D eigenvalue weighted by Gasteiger charge is 2.31. The van der Waals surface area contributed by atoms with E-state index < -0.39 is 9.84 Å². The number of nitrogens with zero attached hydrogens (tertiary/aromatic N) is 2. The van der Waals surface area contributed by atoms with Crippen LogP contribution < -0.4 is 5.73 Å². The summed E-state index contributed by atoms with van der Waals surface area (Å²) in [6.07, 6.45) is 7.77. The van der Waals surface area contributed by atoms with Gasteiger partial charge in [-0.25, -0.2) is 18.4 Å². The Kier molecular flexibility index (Phi) is 4.93. The first kappa shape index (κ1) is 18.7. The van der Waals surface area contributed by atoms with E-state index in [0.29, 0.717) is 30.1 Å². The van der Waals surface area contributed by atoms with Crippen molar-refractivity contribution in [2.75, 3.05) is 5.73 Å². The van der Waals surface area contributed by atoms with Gasteiger partial charge in [-0.1, -0.05) is 31.2 Å². The topological polar surface area (TPSA) is 101 Å². The van der Waals surface area contributed by atoms with Gasteiger partial charge < -0.3 is 10.7 Å². The Bertz CT molecular complexity index is 1090. The van der Waals surface area contributed by atoms with Crippen LogP contribution >= 0.6 is 0 Å². The predicted molar refractivity (Wildman–Crippen MR) is 112 cm³/mol. The van der Waals surface area contributed by atoms with Crippen molar-refractivity contribution in [3.63, 3.8) is 0 Å². The van der Waals surface area contributed by atoms with Gasteiger partial charge in [0.2, 0.25) is 9.84 Å². The van der Waals surface area contributed by atoms with E-state index in [4.69, 9.17) is 10.7 Å². The second-order valence-electron chi connectivity index (χ2n) is 7.10. The molecule has 0 fully saturated rings. The van der Waals surface area contributed by atoms with Gasteiger partial charge in [0, 0.05) is 18.5 Å². The zero-order valence-corrected chi connectivity index (χ0v) is 16.7. The minimum Gasteiger partial charge on any atom is -0.384 e. The largest absolute Gasteiger partial charge is 0.384 e. The Morgan fingerprint density at radius 1 is 1.14 bits per heavy atom. The van der Waals surface area contributed by atoms with E-state index in [2.05, 4.69) is 16.1 Å². The zero-order chi connectivity index (χ0) is 19.7. The molecule has 1 aromatic carbocycles. The third kappa shape index (κ3) is 3.30. The molecule has 2 aliphatic rings. The fourth-order valence-corrected chi connectivity index (χ4v) is 5.25. The van der Waals surface area contributed by atoms with Crippen molar-refractivity contribution in [2.45, 2.75) is 55.2 Å². The van der Waals surface area contributed by atoms with Crippen LogP contribution in [0.15, 0.2) is 61.8 Å². The van der Waals surface area contributed by atoms with E-state index in [0.717, 1.165) is 25.0 Å². The molecule has 0 radical (unpaired) electrons. The van der Waals surface area contributed by atoms with E-state index >= 15 is 0 Å². The van der Waals surface area contributed by atoms with Crippen molar-refractivity contribution in [3.05, 3.63) is 47.7 Å². The monoisotopic (exact) mass is 396 g/mol. The standard InChI is InChI=1S/C21H24N4O2S/c1-2-18-23-16(14-9-5-3-6-10-14)13-17-19(25-18)20(21(22)24-17)28(26,27)15-11-7-4-8-12-15/h4,7-9,11-12,24H,2-3,5-6,10,13,22H2,1H3. The van der Waals surface area contributed by atoms with Crippen LogP contribution in [0.3, 0.4) is 0 Å². The highest BCUT2D eigenvalue weighted by Crippen LogP contribution is 2.39. The fraction of sp³-hybridized carbons (Fsp3) is 0.333. The molecule has 7 heteroatoms. The van der Waals surface area contributed by atoms with Crippen molar-refractivity contribution < 1.29 is 8.42 Å². The number of nitrogen functional groups attached to an aromatic ring is 1. The molecule has 0 atom stereocenters. The fourth-order valence-electron chi connectivity index (χ4n) is 3.74. The summed E-state index contributed by atoms with van der Waals surface area (Å²) in [5.74, 6) is 0.760. The van der Waals surface area contributed by atoms with Gasteiger partial charge in [-0.3, -0.25) is 0 Å². The van der Waals surface area contributed by atoms with Crippen LogP contribution in [0, 0.1) is 0 Å². The number of aromatic nitrogens is 1. The van der Waals surface area contributed by atoms with Crippen LogP contribution in [-0.4, -0.2) is 24.9 Å². The molecule has 2 heterocycles. The SMILES string of the molecule is CCC1=Nc2c([nH]c(N)c2S(=O)(=O)c2ccccc2)CC(C2=CCCCC2)=N1. The second kappa shape index (κ2) is 7.39. The summed E-state index contributed by atoms with van der Waals surface area (Å²) >= 11 is 0. The maximum Gasteiger partial charge on any atom is 0.212 e. The molecule has 4 rings (SSSR count). The molecule has 0 spiro atoms. The van der Waals surface area contributed by atoms with Crippen LogP contribution in [-0.2, 0) is 16.3 Å². The van der Waals surface area contributed by atoms with E-state index in [9.17, 15) is 8.42 Å². The Morgan fingerprint density at radius 3 is 2.61 bits per heavy atom. The molecule has 0 unspecified atom stereocenters. The van der Waals surface area contributed by atoms with Gasteiger partial charge in [-0.15, -0.1) is 0 Å². The highest BCUT2D eigenvalue weighted by molar-refractivity contribution is 7.91. The summed E-state index contributed by atoms with van der Waals surface area (Å²) < 4.78 is 26.5. The normalized spacial score (nSPS) is 17.2. The summed E-state index contributed by atoms with van der Waals surface area (Å²) in [5, 5.41) is 0. The molecule has 146 valence electrons. The molecular formula is C21H24N4O2S. The molecule has 1 aliphatic heterocycles. The molecule has 1 aromatic heterocycles. The van der Waals surface area contributed by atoms with E-state index in [-0.39, 0.29) is 15.6 Å². The van der Waals surface area contributed by atoms with Crippen molar-refractivity contribution in [1.82, 2.24) is 4.98 Å². The number of hydrogen-bond donors (Lipinski definition) is 2. The summed E-state index contributed by atoms with van der Waals surface area (Å²) in [6.45, 7) is 1.97. The number of sulfone groups is 1. The Labute approximate surface area is 165 Å². The van der Waals surface area contributed by atoms with Crippen LogP contribution in [0.4, 0.5) is 11.5 Å². The molecule has 6 nitrogen and oxygen atoms in total. The third-order valence-corrected chi connectivity index (χ3v) is 7.02. The lowest BCUT2D eigenvalue weighted by atomic mass is 9.93. The van der Waals surface area contributed by atoms with Gasteiger partial charge in [0.25, 0.3) is 0 Å². The average Bonchev–Trinajstić information content (AvgIpc) is 2.91. The summed E-state index contributed by atoms with van der Waals surface area (Å²) in [6, 6.07) is 8.33. The minimum atomic E-state index is -3.79. The molecule has 0 saturated heterocycles. The van der Waals surface area contributed by atoms with Gasteiger partial charge in [0.05, 0.1) is 10.6 Å². The van der Waals surface area contributed by atoms with Crippen molar-refractivity contribution >= 4 is 32.9 Å². The van der Waals surface area contributed by atoms with Crippen LogP contribution in [0.25, 0.3) is 0 Å². The Morgan fingerprint density at radius 2 is 1.93 bits per heavy atom. The number of benzene rings is 1. The first-order chi connectivity index (χ1) is 13.5. The predicted octanol–water partition coefficient (Wildman–Crippen LogP) is 4.37. The van der Waals surface area contributed by atoms with Gasteiger partial charge in [-0.2, -0.15) is 0 Å². The van der Waals surface area contributed by atoms with Crippen molar-refractivity contribution in [3.8, 4) is 0 Å². The number of H-pyrrole nitrogens is 1. The van der Waals surface area contributed by atoms with E-state index in [1.807, 2.05) is 6.92 Å². The second-order valence-corrected chi connectivity index (χ2v) is 8.99. The van der Waals surface area contributed by atoms with Gasteiger partial charge in [-0.05, 0) is 43.4 Å². The summed E-state index contributed by atoms with van der Waals surface area (Å²) in [7, 11) is -3.79. The molecule has 0 saturated carbocycles. The lowest BCUT2D eigenvalue weighted by Gasteiger charge is -2.14. The smallest absolute Gasteiger partial charge is 0.212 e. The number of nitrogens with one attached hydrogen (secondary N) is 1. The molecular weight excluding hydrogens is 372 g/mol. The van der Waals surface area contributed by atoms with Crippen LogP contribution in [0.1, 0.15) is 44.7 Å². The number of amidine groups is 1. The van der Waals surface area contributed by atoms with Crippen molar-refractivity contribution in [1.29, 1.82) is 0 Å². The lowest BCUT2D eigenvalue weighted by molar-refractivity contribution is 0.597. The molecule has 0 amide bonds. The number of aliphatic imine (C=N–C) groups is 2. The highest BCUT2D eigenvalue weighted by atomic mass is 32.2. The summed E-state index contributed by atoms with van der Waals surface area (Å²) in [4.78, 5) is 12.7. The number of nitrogens with two attached hydrogens (primary N) is 1. The molecule has 1 aliphatic carbocycles. The van der Waals surface area contributed by atoms with Crippen molar-refractivity contribution in [2.24, 2.45) is 9.98 Å². The molecule has 2 aromatic rings. The minimum absolute atomic E-state index is 0.0497. The third-order valence-electron chi connectivity index (χ3n) is 5.18. The first-order valence-electron chi connectivity index (χ1n) is 9.65. The number of rotatable bonds is 4. The number of aromatic amines is 1. The van der Waals surface area contributed by atoms with E-state index in [1.165, 1.54) is 12.0 Å². The Balaban J connectivity index is 1.84. The molecule has 3 N–H and O–H groups in total. The molecule has 28 heavy (non-hydrogen) atoms. The number of allylic oxidation sites excluding steroid dienone is 2. The Hall–Kier alpha value is -2.67. The number of fused-ring (bicyclic) bond motifs is 1. The zero-order valence-electron chi connectivity index (χ0n) is 15.9. The van der Waals surface area contributed by atoms with Gasteiger partial charge in [0.15, 0.2) is 0 Å². The van der Waals surface area contributed by atoms with E-state index in [1.54, 1.807) is 30.3 Å². The number of anilines is 1. The summed E-state index contributed by atoms with van der Waals surface area (Å²) in [5.41, 5.74) is 9.45. The van der Waals surface area contributed by atoms with Crippen LogP contribution in [0.5, 0.6) is 0 Å². The van der Waals surface area contributed by atoms with Gasteiger partial charge >= 0.3 is 0 Å².